The Bertz CT molecular complexity index is 518. The molecule has 1 fully saturated rings. The number of aliphatic imine (C=N–C) groups is 1. The normalized spacial score (nSPS) is 15.6. The summed E-state index contributed by atoms with van der Waals surface area (Å²) in [5, 5.41) is 7.48. The van der Waals surface area contributed by atoms with Crippen molar-refractivity contribution in [3.05, 3.63) is 29.3 Å². The molecule has 1 aromatic carbocycles. The Morgan fingerprint density at radius 2 is 1.88 bits per heavy atom. The van der Waals surface area contributed by atoms with E-state index in [-0.39, 0.29) is 24.0 Å². The summed E-state index contributed by atoms with van der Waals surface area (Å²) in [6.45, 7) is 9.54. The number of nitrogens with zero attached hydrogens (tertiary/aromatic N) is 3. The van der Waals surface area contributed by atoms with Gasteiger partial charge in [0, 0.05) is 57.0 Å². The minimum absolute atomic E-state index is 0. The van der Waals surface area contributed by atoms with Gasteiger partial charge in [0.1, 0.15) is 0 Å². The first-order valence-corrected chi connectivity index (χ1v) is 9.28. The van der Waals surface area contributed by atoms with Gasteiger partial charge in [-0.2, -0.15) is 0 Å². The monoisotopic (exact) mass is 479 g/mol. The van der Waals surface area contributed by atoms with Gasteiger partial charge in [-0.25, -0.2) is 0 Å². The highest BCUT2D eigenvalue weighted by atomic mass is 127. The van der Waals surface area contributed by atoms with Crippen LogP contribution in [0.1, 0.15) is 19.8 Å². The van der Waals surface area contributed by atoms with Gasteiger partial charge in [-0.15, -0.1) is 24.0 Å². The molecule has 0 amide bonds. The Kier molecular flexibility index (Phi) is 11.2. The van der Waals surface area contributed by atoms with E-state index in [1.807, 2.05) is 19.2 Å². The Labute approximate surface area is 174 Å². The second-order valence-electron chi connectivity index (χ2n) is 6.09. The molecule has 0 atom stereocenters. The largest absolute Gasteiger partial charge is 0.369 e. The molecule has 25 heavy (non-hydrogen) atoms. The van der Waals surface area contributed by atoms with Crippen molar-refractivity contribution in [3.63, 3.8) is 0 Å². The van der Waals surface area contributed by atoms with Crippen molar-refractivity contribution in [3.8, 4) is 0 Å². The van der Waals surface area contributed by atoms with Crippen LogP contribution in [0, 0.1) is 0 Å². The lowest BCUT2D eigenvalue weighted by Gasteiger charge is -2.36. The summed E-state index contributed by atoms with van der Waals surface area (Å²) in [6, 6.07) is 8.14. The molecule has 0 saturated carbocycles. The summed E-state index contributed by atoms with van der Waals surface area (Å²) in [5.74, 6) is 0.905. The number of guanidine groups is 1. The third-order valence-electron chi connectivity index (χ3n) is 4.26. The molecule has 1 heterocycles. The van der Waals surface area contributed by atoms with E-state index in [0.29, 0.717) is 0 Å². The maximum Gasteiger partial charge on any atom is 0.190 e. The first-order chi connectivity index (χ1) is 11.7. The topological polar surface area (TPSA) is 42.9 Å². The summed E-state index contributed by atoms with van der Waals surface area (Å²) in [5.41, 5.74) is 1.23. The number of hydrogen-bond donors (Lipinski definition) is 2. The van der Waals surface area contributed by atoms with Crippen molar-refractivity contribution < 1.29 is 0 Å². The molecule has 0 aromatic heterocycles. The molecule has 0 unspecified atom stereocenters. The van der Waals surface area contributed by atoms with Crippen LogP contribution < -0.4 is 15.5 Å². The van der Waals surface area contributed by atoms with Crippen LogP contribution in [0.2, 0.25) is 5.02 Å². The lowest BCUT2D eigenvalue weighted by molar-refractivity contribution is 0.255. The molecular weight excluding hydrogens is 449 g/mol. The van der Waals surface area contributed by atoms with Crippen LogP contribution in [0.15, 0.2) is 29.3 Å². The first kappa shape index (κ1) is 22.3. The van der Waals surface area contributed by atoms with Crippen molar-refractivity contribution in [1.82, 2.24) is 15.5 Å². The minimum Gasteiger partial charge on any atom is -0.369 e. The van der Waals surface area contributed by atoms with E-state index in [1.54, 1.807) is 0 Å². The maximum atomic E-state index is 6.09. The average molecular weight is 480 g/mol. The number of nitrogens with one attached hydrogen (secondary N) is 2. The third kappa shape index (κ3) is 8.00. The molecule has 1 aliphatic heterocycles. The molecule has 1 aromatic rings. The fraction of sp³-hybridized carbons (Fsp3) is 0.611. The summed E-state index contributed by atoms with van der Waals surface area (Å²) >= 11 is 6.09. The highest BCUT2D eigenvalue weighted by Gasteiger charge is 2.16. The fourth-order valence-electron chi connectivity index (χ4n) is 2.88. The van der Waals surface area contributed by atoms with Crippen LogP contribution in [0.25, 0.3) is 0 Å². The van der Waals surface area contributed by atoms with E-state index >= 15 is 0 Å². The molecule has 2 rings (SSSR count). The van der Waals surface area contributed by atoms with E-state index < -0.39 is 0 Å². The molecule has 7 heteroatoms. The zero-order valence-electron chi connectivity index (χ0n) is 15.3. The van der Waals surface area contributed by atoms with Gasteiger partial charge >= 0.3 is 0 Å². The van der Waals surface area contributed by atoms with Crippen LogP contribution in [-0.2, 0) is 0 Å². The average Bonchev–Trinajstić information content (AvgIpc) is 2.61. The standard InChI is InChI=1S/C18H30ClN5.HI/c1-3-8-21-18(20-2)22-9-5-10-23-11-13-24(14-12-23)17-7-4-6-16(19)15-17;/h4,6-7,15H,3,5,8-14H2,1-2H3,(H2,20,21,22);1H. The molecule has 0 bridgehead atoms. The predicted octanol–water partition coefficient (Wildman–Crippen LogP) is 3.05. The Morgan fingerprint density at radius 3 is 2.52 bits per heavy atom. The van der Waals surface area contributed by atoms with Crippen LogP contribution >= 0.6 is 35.6 Å². The number of benzene rings is 1. The van der Waals surface area contributed by atoms with Gasteiger partial charge < -0.3 is 15.5 Å². The number of anilines is 1. The lowest BCUT2D eigenvalue weighted by Crippen LogP contribution is -2.47. The fourth-order valence-corrected chi connectivity index (χ4v) is 3.06. The van der Waals surface area contributed by atoms with E-state index in [9.17, 15) is 0 Å². The summed E-state index contributed by atoms with van der Waals surface area (Å²) < 4.78 is 0. The van der Waals surface area contributed by atoms with Gasteiger partial charge in [-0.1, -0.05) is 24.6 Å². The number of hydrogen-bond acceptors (Lipinski definition) is 3. The molecule has 1 aliphatic rings. The maximum absolute atomic E-state index is 6.09. The molecule has 142 valence electrons. The first-order valence-electron chi connectivity index (χ1n) is 8.90. The Balaban J connectivity index is 0.00000312. The zero-order valence-corrected chi connectivity index (χ0v) is 18.4. The quantitative estimate of drug-likeness (QED) is 0.273. The summed E-state index contributed by atoms with van der Waals surface area (Å²) in [4.78, 5) is 9.17. The van der Waals surface area contributed by atoms with Crippen molar-refractivity contribution in [2.24, 2.45) is 4.99 Å². The van der Waals surface area contributed by atoms with Gasteiger partial charge in [-0.05, 0) is 37.6 Å². The molecule has 0 radical (unpaired) electrons. The van der Waals surface area contributed by atoms with Crippen LogP contribution in [0.4, 0.5) is 5.69 Å². The molecule has 0 spiro atoms. The van der Waals surface area contributed by atoms with Gasteiger partial charge in [0.05, 0.1) is 0 Å². The van der Waals surface area contributed by atoms with Gasteiger partial charge in [0.15, 0.2) is 5.96 Å². The van der Waals surface area contributed by atoms with E-state index in [0.717, 1.165) is 69.6 Å². The third-order valence-corrected chi connectivity index (χ3v) is 4.49. The molecular formula is C18H31ClIN5. The van der Waals surface area contributed by atoms with E-state index in [4.69, 9.17) is 11.6 Å². The Hall–Kier alpha value is -0.730. The predicted molar refractivity (Wildman–Crippen MR) is 120 cm³/mol. The number of piperazine rings is 1. The van der Waals surface area contributed by atoms with Crippen molar-refractivity contribution in [2.45, 2.75) is 19.8 Å². The second-order valence-corrected chi connectivity index (χ2v) is 6.52. The second kappa shape index (κ2) is 12.6. The minimum atomic E-state index is 0. The molecule has 2 N–H and O–H groups in total. The van der Waals surface area contributed by atoms with Crippen molar-refractivity contribution >= 4 is 47.2 Å². The number of rotatable bonds is 7. The summed E-state index contributed by atoms with van der Waals surface area (Å²) in [6.07, 6.45) is 2.24. The molecule has 0 aliphatic carbocycles. The lowest BCUT2D eigenvalue weighted by atomic mass is 10.2. The van der Waals surface area contributed by atoms with Gasteiger partial charge in [0.25, 0.3) is 0 Å². The van der Waals surface area contributed by atoms with Gasteiger partial charge in [-0.3, -0.25) is 9.89 Å². The van der Waals surface area contributed by atoms with E-state index in [2.05, 4.69) is 44.5 Å². The molecule has 1 saturated heterocycles. The zero-order chi connectivity index (χ0) is 17.2. The van der Waals surface area contributed by atoms with E-state index in [1.165, 1.54) is 5.69 Å². The van der Waals surface area contributed by atoms with Crippen molar-refractivity contribution in [2.75, 3.05) is 57.8 Å². The molecule has 5 nitrogen and oxygen atoms in total. The summed E-state index contributed by atoms with van der Waals surface area (Å²) in [7, 11) is 1.82. The smallest absolute Gasteiger partial charge is 0.190 e. The SMILES string of the molecule is CCCNC(=NC)NCCCN1CCN(c2cccc(Cl)c2)CC1.I. The highest BCUT2D eigenvalue weighted by molar-refractivity contribution is 14.0. The van der Waals surface area contributed by atoms with Crippen LogP contribution in [-0.4, -0.2) is 63.7 Å². The number of halogens is 2. The van der Waals surface area contributed by atoms with Crippen LogP contribution in [0.5, 0.6) is 0 Å². The van der Waals surface area contributed by atoms with Crippen LogP contribution in [0.3, 0.4) is 0 Å². The van der Waals surface area contributed by atoms with Gasteiger partial charge in [0.2, 0.25) is 0 Å². The highest BCUT2D eigenvalue weighted by Crippen LogP contribution is 2.20. The Morgan fingerprint density at radius 1 is 1.16 bits per heavy atom. The van der Waals surface area contributed by atoms with Crippen molar-refractivity contribution in [1.29, 1.82) is 0 Å².